The lowest BCUT2D eigenvalue weighted by Crippen LogP contribution is -2.20. The van der Waals surface area contributed by atoms with Crippen LogP contribution in [0, 0.1) is 6.92 Å². The first-order valence-electron chi connectivity index (χ1n) is 10.9. The summed E-state index contributed by atoms with van der Waals surface area (Å²) in [5.74, 6) is 1.10. The van der Waals surface area contributed by atoms with E-state index in [4.69, 9.17) is 4.74 Å². The number of carbonyl (C=O) groups excluding carboxylic acids is 1. The molecular formula is C27H23N5O2. The Morgan fingerprint density at radius 3 is 2.47 bits per heavy atom. The van der Waals surface area contributed by atoms with Crippen molar-refractivity contribution in [1.82, 2.24) is 14.5 Å². The van der Waals surface area contributed by atoms with Crippen LogP contribution in [0.3, 0.4) is 0 Å². The number of aryl methyl sites for hydroxylation is 2. The third-order valence-corrected chi connectivity index (χ3v) is 5.55. The molecule has 5 rings (SSSR count). The molecule has 0 bridgehead atoms. The predicted molar refractivity (Wildman–Crippen MR) is 134 cm³/mol. The lowest BCUT2D eigenvalue weighted by atomic mass is 10.0. The molecule has 0 spiro atoms. The first-order chi connectivity index (χ1) is 16.6. The molecule has 0 unspecified atom stereocenters. The molecule has 0 saturated heterocycles. The summed E-state index contributed by atoms with van der Waals surface area (Å²) in [6.07, 6.45) is 3.40. The Hall–Kier alpha value is -4.65. The highest BCUT2D eigenvalue weighted by Crippen LogP contribution is 2.30. The Kier molecular flexibility index (Phi) is 5.66. The first kappa shape index (κ1) is 21.2. The molecule has 0 aliphatic rings. The van der Waals surface area contributed by atoms with Crippen molar-refractivity contribution in [2.45, 2.75) is 6.92 Å². The van der Waals surface area contributed by atoms with E-state index in [0.29, 0.717) is 17.3 Å². The van der Waals surface area contributed by atoms with Crippen LogP contribution in [0.1, 0.15) is 5.56 Å². The number of ether oxygens (including phenoxy) is 1. The zero-order valence-electron chi connectivity index (χ0n) is 18.8. The first-order valence-corrected chi connectivity index (χ1v) is 10.9. The van der Waals surface area contributed by atoms with Crippen molar-refractivity contribution in [1.29, 1.82) is 0 Å². The second-order valence-corrected chi connectivity index (χ2v) is 7.91. The number of carbonyl (C=O) groups is 1. The van der Waals surface area contributed by atoms with Crippen LogP contribution in [0.2, 0.25) is 0 Å². The molecule has 2 heterocycles. The van der Waals surface area contributed by atoms with Crippen LogP contribution in [-0.2, 0) is 7.05 Å². The Balaban J connectivity index is 1.31. The molecule has 3 aromatic carbocycles. The van der Waals surface area contributed by atoms with Gasteiger partial charge in [0, 0.05) is 24.5 Å². The van der Waals surface area contributed by atoms with Crippen molar-refractivity contribution in [3.63, 3.8) is 0 Å². The number of aromatic nitrogens is 3. The van der Waals surface area contributed by atoms with Gasteiger partial charge in [-0.25, -0.2) is 9.78 Å². The van der Waals surface area contributed by atoms with Gasteiger partial charge in [-0.3, -0.25) is 0 Å². The van der Waals surface area contributed by atoms with Gasteiger partial charge in [0.2, 0.25) is 5.88 Å². The quantitative estimate of drug-likeness (QED) is 0.326. The van der Waals surface area contributed by atoms with Crippen molar-refractivity contribution in [2.75, 3.05) is 10.6 Å². The van der Waals surface area contributed by atoms with Crippen LogP contribution < -0.4 is 15.4 Å². The van der Waals surface area contributed by atoms with Crippen LogP contribution in [-0.4, -0.2) is 20.6 Å². The molecule has 0 atom stereocenters. The maximum absolute atomic E-state index is 12.8. The number of hydrogen-bond acceptors (Lipinski definition) is 4. The Labute approximate surface area is 197 Å². The van der Waals surface area contributed by atoms with Gasteiger partial charge < -0.3 is 19.9 Å². The summed E-state index contributed by atoms with van der Waals surface area (Å²) in [7, 11) is 1.92. The number of nitrogens with zero attached hydrogens (tertiary/aromatic N) is 3. The van der Waals surface area contributed by atoms with Crippen LogP contribution in [0.15, 0.2) is 91.4 Å². The van der Waals surface area contributed by atoms with Gasteiger partial charge in [-0.15, -0.1) is 0 Å². The summed E-state index contributed by atoms with van der Waals surface area (Å²) >= 11 is 0. The molecule has 2 amide bonds. The summed E-state index contributed by atoms with van der Waals surface area (Å²) in [4.78, 5) is 21.3. The molecule has 7 heteroatoms. The van der Waals surface area contributed by atoms with Crippen LogP contribution in [0.25, 0.3) is 22.2 Å². The Bertz CT molecular complexity index is 1480. The van der Waals surface area contributed by atoms with E-state index in [1.54, 1.807) is 6.07 Å². The monoisotopic (exact) mass is 449 g/mol. The normalized spacial score (nSPS) is 10.8. The van der Waals surface area contributed by atoms with Gasteiger partial charge >= 0.3 is 6.03 Å². The standard InChI is InChI=1S/C27H23N5O2/c1-18-16-20(34-26-25-24(28-17-29-26)14-15-32(25)2)12-13-22(18)30-27(33)31-23-11-7-6-10-21(23)19-8-4-3-5-9-19/h3-17H,1-2H3,(H2,30,31,33). The summed E-state index contributed by atoms with van der Waals surface area (Å²) < 4.78 is 7.95. The van der Waals surface area contributed by atoms with Gasteiger partial charge in [0.25, 0.3) is 0 Å². The predicted octanol–water partition coefficient (Wildman–Crippen LogP) is 6.38. The number of rotatable bonds is 5. The molecule has 168 valence electrons. The van der Waals surface area contributed by atoms with E-state index in [1.165, 1.54) is 6.33 Å². The van der Waals surface area contributed by atoms with E-state index < -0.39 is 0 Å². The van der Waals surface area contributed by atoms with E-state index in [9.17, 15) is 4.79 Å². The lowest BCUT2D eigenvalue weighted by molar-refractivity contribution is 0.262. The number of nitrogens with one attached hydrogen (secondary N) is 2. The van der Waals surface area contributed by atoms with Crippen LogP contribution in [0.4, 0.5) is 16.2 Å². The van der Waals surface area contributed by atoms with Crippen molar-refractivity contribution < 1.29 is 9.53 Å². The third-order valence-electron chi connectivity index (χ3n) is 5.55. The second kappa shape index (κ2) is 9.07. The summed E-state index contributed by atoms with van der Waals surface area (Å²) in [6, 6.07) is 24.8. The number of urea groups is 1. The molecule has 0 fully saturated rings. The Morgan fingerprint density at radius 2 is 1.65 bits per heavy atom. The summed E-state index contributed by atoms with van der Waals surface area (Å²) in [5.41, 5.74) is 5.91. The molecular weight excluding hydrogens is 426 g/mol. The zero-order chi connectivity index (χ0) is 23.5. The average molecular weight is 450 g/mol. The second-order valence-electron chi connectivity index (χ2n) is 7.91. The number of anilines is 2. The molecule has 34 heavy (non-hydrogen) atoms. The maximum atomic E-state index is 12.8. The number of hydrogen-bond donors (Lipinski definition) is 2. The number of benzene rings is 3. The number of para-hydroxylation sites is 1. The molecule has 0 aliphatic carbocycles. The van der Waals surface area contributed by atoms with Crippen molar-refractivity contribution in [3.8, 4) is 22.8 Å². The highest BCUT2D eigenvalue weighted by atomic mass is 16.5. The van der Waals surface area contributed by atoms with Gasteiger partial charge in [0.1, 0.15) is 17.6 Å². The van der Waals surface area contributed by atoms with Crippen LogP contribution >= 0.6 is 0 Å². The number of amides is 2. The van der Waals surface area contributed by atoms with E-state index >= 15 is 0 Å². The minimum Gasteiger partial charge on any atom is -0.437 e. The van der Waals surface area contributed by atoms with Gasteiger partial charge in [0.15, 0.2) is 0 Å². The van der Waals surface area contributed by atoms with Gasteiger partial charge in [-0.05, 0) is 48.4 Å². The maximum Gasteiger partial charge on any atom is 0.323 e. The summed E-state index contributed by atoms with van der Waals surface area (Å²) in [5, 5.41) is 5.89. The molecule has 2 aromatic heterocycles. The smallest absolute Gasteiger partial charge is 0.323 e. The van der Waals surface area contributed by atoms with Gasteiger partial charge in [0.05, 0.1) is 11.2 Å². The van der Waals surface area contributed by atoms with E-state index in [-0.39, 0.29) is 6.03 Å². The Morgan fingerprint density at radius 1 is 0.882 bits per heavy atom. The highest BCUT2D eigenvalue weighted by molar-refractivity contribution is 6.02. The molecule has 0 radical (unpaired) electrons. The van der Waals surface area contributed by atoms with E-state index in [1.807, 2.05) is 97.5 Å². The SMILES string of the molecule is Cc1cc(Oc2ncnc3ccn(C)c23)ccc1NC(=O)Nc1ccccc1-c1ccccc1. The van der Waals surface area contributed by atoms with E-state index in [2.05, 4.69) is 20.6 Å². The fraction of sp³-hybridized carbons (Fsp3) is 0.0741. The minimum atomic E-state index is -0.318. The van der Waals surface area contributed by atoms with Crippen molar-refractivity contribution in [2.24, 2.45) is 7.05 Å². The van der Waals surface area contributed by atoms with Crippen LogP contribution in [0.5, 0.6) is 11.6 Å². The lowest BCUT2D eigenvalue weighted by Gasteiger charge is -2.14. The molecule has 2 N–H and O–H groups in total. The van der Waals surface area contributed by atoms with Crippen molar-refractivity contribution in [3.05, 3.63) is 97.0 Å². The minimum absolute atomic E-state index is 0.318. The fourth-order valence-corrected chi connectivity index (χ4v) is 3.85. The molecule has 0 aliphatic heterocycles. The van der Waals surface area contributed by atoms with Crippen molar-refractivity contribution >= 4 is 28.4 Å². The van der Waals surface area contributed by atoms with Gasteiger partial charge in [-0.2, -0.15) is 4.98 Å². The zero-order valence-corrected chi connectivity index (χ0v) is 18.8. The highest BCUT2D eigenvalue weighted by Gasteiger charge is 2.12. The number of fused-ring (bicyclic) bond motifs is 1. The average Bonchev–Trinajstić information content (AvgIpc) is 3.23. The molecule has 5 aromatic rings. The summed E-state index contributed by atoms with van der Waals surface area (Å²) in [6.45, 7) is 1.92. The molecule has 7 nitrogen and oxygen atoms in total. The van der Waals surface area contributed by atoms with Gasteiger partial charge in [-0.1, -0.05) is 48.5 Å². The topological polar surface area (TPSA) is 81.1 Å². The third kappa shape index (κ3) is 4.31. The molecule has 0 saturated carbocycles. The van der Waals surface area contributed by atoms with E-state index in [0.717, 1.165) is 33.4 Å². The fourth-order valence-electron chi connectivity index (χ4n) is 3.85. The largest absolute Gasteiger partial charge is 0.437 e.